The molecule has 1 heterocycles. The maximum absolute atomic E-state index is 13.6. The predicted molar refractivity (Wildman–Crippen MR) is 155 cm³/mol. The summed E-state index contributed by atoms with van der Waals surface area (Å²) in [5.74, 6) is 0.889. The lowest BCUT2D eigenvalue weighted by molar-refractivity contribution is -0.136. The maximum Gasteiger partial charge on any atom is 0.268 e. The largest absolute Gasteiger partial charge is 0.348 e. The number of allylic oxidation sites excluding steroid dienone is 1. The second-order valence-corrected chi connectivity index (χ2v) is 12.5. The van der Waals surface area contributed by atoms with Gasteiger partial charge in [-0.1, -0.05) is 66.7 Å². The first-order valence-electron chi connectivity index (χ1n) is 13.2. The van der Waals surface area contributed by atoms with Crippen LogP contribution < -0.4 is 4.90 Å². The van der Waals surface area contributed by atoms with Crippen LogP contribution in [0.15, 0.2) is 16.7 Å². The average Bonchev–Trinajstić information content (AvgIpc) is 3.24. The van der Waals surface area contributed by atoms with Crippen LogP contribution in [0.3, 0.4) is 0 Å². The van der Waals surface area contributed by atoms with Crippen LogP contribution in [0.1, 0.15) is 85.2 Å². The van der Waals surface area contributed by atoms with Gasteiger partial charge in [-0.3, -0.25) is 14.6 Å². The summed E-state index contributed by atoms with van der Waals surface area (Å²) in [5.41, 5.74) is 1.42. The first-order chi connectivity index (χ1) is 17.2. The number of anilines is 1. The number of hydrogen-bond acceptors (Lipinski definition) is 7. The molecule has 0 saturated carbocycles. The molecule has 0 aliphatic heterocycles. The number of nitrogens with zero attached hydrogens (tertiary/aromatic N) is 5. The number of hydrazine groups is 1. The predicted octanol–water partition coefficient (Wildman–Crippen LogP) is 6.09. The van der Waals surface area contributed by atoms with Crippen LogP contribution in [0, 0.1) is 23.2 Å². The van der Waals surface area contributed by atoms with Crippen LogP contribution in [0.4, 0.5) is 5.13 Å². The number of hydrogen-bond donors (Lipinski definition) is 0. The van der Waals surface area contributed by atoms with Crippen LogP contribution >= 0.6 is 11.3 Å². The Bertz CT molecular complexity index is 1010. The Morgan fingerprint density at radius 1 is 1.08 bits per heavy atom. The number of thiazole rings is 1. The monoisotopic (exact) mass is 529 g/mol. The normalized spacial score (nSPS) is 13.2. The van der Waals surface area contributed by atoms with Crippen LogP contribution in [-0.2, 0) is 15.0 Å². The number of carbonyl (C=O) groups is 2. The number of carbonyl (C=O) groups excluding carboxylic acids is 2. The molecule has 1 aromatic heterocycles. The zero-order valence-electron chi connectivity index (χ0n) is 24.8. The van der Waals surface area contributed by atoms with Crippen molar-refractivity contribution in [1.82, 2.24) is 15.0 Å². The summed E-state index contributed by atoms with van der Waals surface area (Å²) in [7, 11) is 5.24. The zero-order valence-corrected chi connectivity index (χ0v) is 25.6. The van der Waals surface area contributed by atoms with Crippen LogP contribution in [-0.4, -0.2) is 61.4 Å². The van der Waals surface area contributed by atoms with Crippen molar-refractivity contribution < 1.29 is 9.59 Å². The lowest BCUT2D eigenvalue weighted by atomic mass is 9.90. The standard InChI is InChI=1S/C29H47N5O2S/c1-12-23(22(18-30)19-35)24(27(36)33(11)32(9)10)17-25-26(29(6,7)8)31-28(37-25)34(15-13-20(2)3)16-14-21(4)5/h17,19-21H,12-16H2,1-11H3/b23-22-,24-17-. The van der Waals surface area contributed by atoms with Crippen LogP contribution in [0.5, 0.6) is 0 Å². The number of aldehydes is 1. The number of amides is 1. The molecular weight excluding hydrogens is 482 g/mol. The molecule has 0 bridgehead atoms. The molecule has 0 radical (unpaired) electrons. The Kier molecular flexibility index (Phi) is 12.7. The van der Waals surface area contributed by atoms with Gasteiger partial charge in [0.15, 0.2) is 11.4 Å². The van der Waals surface area contributed by atoms with Gasteiger partial charge in [-0.2, -0.15) is 5.26 Å². The number of aromatic nitrogens is 1. The topological polar surface area (TPSA) is 80.5 Å². The van der Waals surface area contributed by atoms with Gasteiger partial charge in [0.1, 0.15) is 6.07 Å². The summed E-state index contributed by atoms with van der Waals surface area (Å²) in [6, 6.07) is 1.98. The van der Waals surface area contributed by atoms with Gasteiger partial charge in [-0.25, -0.2) is 9.99 Å². The molecule has 0 fully saturated rings. The molecule has 0 spiro atoms. The summed E-state index contributed by atoms with van der Waals surface area (Å²) < 4.78 is 0. The summed E-state index contributed by atoms with van der Waals surface area (Å²) in [6.45, 7) is 19.0. The molecule has 1 rings (SSSR count). The molecule has 0 N–H and O–H groups in total. The highest BCUT2D eigenvalue weighted by Crippen LogP contribution is 2.37. The van der Waals surface area contributed by atoms with E-state index in [0.29, 0.717) is 35.7 Å². The second kappa shape index (κ2) is 14.4. The van der Waals surface area contributed by atoms with Crippen molar-refractivity contribution in [3.8, 4) is 6.07 Å². The third-order valence-electron chi connectivity index (χ3n) is 6.22. The van der Waals surface area contributed by atoms with E-state index in [4.69, 9.17) is 4.98 Å². The molecule has 0 aromatic carbocycles. The minimum absolute atomic E-state index is 0.0215. The third kappa shape index (κ3) is 9.39. The first kappa shape index (κ1) is 32.5. The molecule has 206 valence electrons. The lowest BCUT2D eigenvalue weighted by Gasteiger charge is -2.26. The van der Waals surface area contributed by atoms with E-state index in [1.54, 1.807) is 37.5 Å². The SMILES string of the molecule is CCC(/C(=C/c1sc(N(CCC(C)C)CCC(C)C)nc1C(C)(C)C)C(=O)N(C)N(C)C)=C(\C#N)C=O. The molecule has 0 saturated heterocycles. The molecule has 7 nitrogen and oxygen atoms in total. The summed E-state index contributed by atoms with van der Waals surface area (Å²) in [6.07, 6.45) is 4.90. The quantitative estimate of drug-likeness (QED) is 0.101. The van der Waals surface area contributed by atoms with Gasteiger partial charge in [0, 0.05) is 45.2 Å². The minimum atomic E-state index is -0.275. The molecular formula is C29H47N5O2S. The fourth-order valence-electron chi connectivity index (χ4n) is 3.68. The van der Waals surface area contributed by atoms with Crippen molar-refractivity contribution in [3.63, 3.8) is 0 Å². The molecule has 1 amide bonds. The fourth-order valence-corrected chi connectivity index (χ4v) is 4.95. The fraction of sp³-hybridized carbons (Fsp3) is 0.655. The Balaban J connectivity index is 3.87. The molecule has 0 aliphatic rings. The van der Waals surface area contributed by atoms with Gasteiger partial charge in [0.05, 0.1) is 16.1 Å². The average molecular weight is 530 g/mol. The van der Waals surface area contributed by atoms with E-state index in [1.165, 1.54) is 5.01 Å². The third-order valence-corrected chi connectivity index (χ3v) is 7.28. The summed E-state index contributed by atoms with van der Waals surface area (Å²) in [4.78, 5) is 33.7. The molecule has 8 heteroatoms. The first-order valence-corrected chi connectivity index (χ1v) is 14.0. The highest BCUT2D eigenvalue weighted by atomic mass is 32.1. The number of likely N-dealkylation sites (N-methyl/N-ethyl adjacent to an activating group) is 1. The van der Waals surface area contributed by atoms with E-state index in [2.05, 4.69) is 53.4 Å². The Labute approximate surface area is 228 Å². The van der Waals surface area contributed by atoms with Crippen molar-refractivity contribution in [2.75, 3.05) is 39.1 Å². The van der Waals surface area contributed by atoms with Crippen LogP contribution in [0.25, 0.3) is 6.08 Å². The van der Waals surface area contributed by atoms with Gasteiger partial charge in [-0.05, 0) is 42.7 Å². The molecule has 0 atom stereocenters. The van der Waals surface area contributed by atoms with E-state index in [1.807, 2.05) is 19.1 Å². The van der Waals surface area contributed by atoms with Gasteiger partial charge in [0.25, 0.3) is 5.91 Å². The smallest absolute Gasteiger partial charge is 0.268 e. The van der Waals surface area contributed by atoms with E-state index in [-0.39, 0.29) is 16.9 Å². The van der Waals surface area contributed by atoms with E-state index < -0.39 is 0 Å². The van der Waals surface area contributed by atoms with E-state index in [0.717, 1.165) is 41.6 Å². The maximum atomic E-state index is 13.6. The summed E-state index contributed by atoms with van der Waals surface area (Å²) in [5, 5.41) is 13.7. The highest BCUT2D eigenvalue weighted by Gasteiger charge is 2.28. The highest BCUT2D eigenvalue weighted by molar-refractivity contribution is 7.16. The van der Waals surface area contributed by atoms with Crippen molar-refractivity contribution in [1.29, 1.82) is 5.26 Å². The van der Waals surface area contributed by atoms with Gasteiger partial charge in [-0.15, -0.1) is 0 Å². The van der Waals surface area contributed by atoms with Crippen molar-refractivity contribution in [2.24, 2.45) is 11.8 Å². The minimum Gasteiger partial charge on any atom is -0.348 e. The van der Waals surface area contributed by atoms with Crippen molar-refractivity contribution in [3.05, 3.63) is 27.3 Å². The van der Waals surface area contributed by atoms with Crippen molar-refractivity contribution in [2.45, 2.75) is 80.1 Å². The molecule has 0 unspecified atom stereocenters. The Morgan fingerprint density at radius 3 is 2.00 bits per heavy atom. The second-order valence-electron chi connectivity index (χ2n) is 11.5. The van der Waals surface area contributed by atoms with Gasteiger partial charge < -0.3 is 4.90 Å². The van der Waals surface area contributed by atoms with Gasteiger partial charge in [0.2, 0.25) is 0 Å². The number of nitriles is 1. The van der Waals surface area contributed by atoms with E-state index in [9.17, 15) is 14.9 Å². The number of rotatable bonds is 13. The zero-order chi connectivity index (χ0) is 28.5. The summed E-state index contributed by atoms with van der Waals surface area (Å²) >= 11 is 1.58. The van der Waals surface area contributed by atoms with Crippen LogP contribution in [0.2, 0.25) is 0 Å². The lowest BCUT2D eigenvalue weighted by Crippen LogP contribution is -2.39. The van der Waals surface area contributed by atoms with Crippen molar-refractivity contribution >= 4 is 34.7 Å². The molecule has 0 aliphatic carbocycles. The molecule has 37 heavy (non-hydrogen) atoms. The van der Waals surface area contributed by atoms with E-state index >= 15 is 0 Å². The molecule has 1 aromatic rings. The Morgan fingerprint density at radius 2 is 1.62 bits per heavy atom. The van der Waals surface area contributed by atoms with Gasteiger partial charge >= 0.3 is 0 Å². The Hall–Kier alpha value is -2.50.